The smallest absolute Gasteiger partial charge is 0.317 e. The Morgan fingerprint density at radius 2 is 1.96 bits per heavy atom. The number of carboxylic acid groups (broad SMARTS) is 1. The van der Waals surface area contributed by atoms with Crippen molar-refractivity contribution < 1.29 is 19.4 Å². The van der Waals surface area contributed by atoms with Crippen molar-refractivity contribution in [2.75, 3.05) is 39.8 Å². The highest BCUT2D eigenvalue weighted by Gasteiger charge is 2.36. The van der Waals surface area contributed by atoms with E-state index in [1.54, 1.807) is 11.9 Å². The molecule has 1 aromatic rings. The summed E-state index contributed by atoms with van der Waals surface area (Å²) in [5.74, 6) is -0.788. The van der Waals surface area contributed by atoms with Gasteiger partial charge < -0.3 is 14.7 Å². The third-order valence-electron chi connectivity index (χ3n) is 4.97. The van der Waals surface area contributed by atoms with Gasteiger partial charge in [0.2, 0.25) is 5.91 Å². The molecule has 1 amide bonds. The molecule has 6 heteroatoms. The summed E-state index contributed by atoms with van der Waals surface area (Å²) < 4.78 is 5.73. The quantitative estimate of drug-likeness (QED) is 0.801. The maximum atomic E-state index is 13.1. The van der Waals surface area contributed by atoms with Gasteiger partial charge in [0.15, 0.2) is 0 Å². The van der Waals surface area contributed by atoms with Crippen LogP contribution in [0.15, 0.2) is 24.3 Å². The molecule has 1 N–H and O–H groups in total. The van der Waals surface area contributed by atoms with Gasteiger partial charge in [0.1, 0.15) is 0 Å². The predicted octanol–water partition coefficient (Wildman–Crippen LogP) is 1.77. The van der Waals surface area contributed by atoms with Crippen LogP contribution < -0.4 is 0 Å². The van der Waals surface area contributed by atoms with Crippen LogP contribution in [0.4, 0.5) is 0 Å². The normalized spacial score (nSPS) is 18.2. The van der Waals surface area contributed by atoms with Crippen LogP contribution in [0.2, 0.25) is 0 Å². The van der Waals surface area contributed by atoms with Gasteiger partial charge in [-0.05, 0) is 38.4 Å². The summed E-state index contributed by atoms with van der Waals surface area (Å²) in [7, 11) is 1.75. The van der Waals surface area contributed by atoms with E-state index < -0.39 is 11.4 Å². The number of carbonyl (C=O) groups excluding carboxylic acids is 1. The van der Waals surface area contributed by atoms with Crippen molar-refractivity contribution in [3.8, 4) is 0 Å². The first-order valence-electron chi connectivity index (χ1n) is 9.14. The number of ether oxygens (including phenoxy) is 1. The number of amides is 1. The van der Waals surface area contributed by atoms with E-state index in [9.17, 15) is 9.59 Å². The number of rotatable bonds is 7. The number of aryl methyl sites for hydroxylation is 1. The molecule has 0 aromatic heterocycles. The second-order valence-electron chi connectivity index (χ2n) is 7.51. The molecule has 1 fully saturated rings. The molecule has 1 aliphatic heterocycles. The lowest BCUT2D eigenvalue weighted by Crippen LogP contribution is -2.53. The number of benzene rings is 1. The molecule has 2 rings (SSSR count). The molecule has 0 bridgehead atoms. The molecular formula is C20H30N2O4. The van der Waals surface area contributed by atoms with Crippen molar-refractivity contribution in [2.45, 2.75) is 38.7 Å². The number of carbonyl (C=O) groups is 2. The van der Waals surface area contributed by atoms with E-state index in [-0.39, 0.29) is 18.6 Å². The predicted molar refractivity (Wildman–Crippen MR) is 100 cm³/mol. The van der Waals surface area contributed by atoms with Gasteiger partial charge in [-0.3, -0.25) is 14.5 Å². The highest BCUT2D eigenvalue weighted by atomic mass is 16.5. The highest BCUT2D eigenvalue weighted by molar-refractivity contribution is 5.87. The molecule has 6 nitrogen and oxygen atoms in total. The van der Waals surface area contributed by atoms with Crippen LogP contribution in [0.5, 0.6) is 0 Å². The topological polar surface area (TPSA) is 70.1 Å². The number of hydrogen-bond donors (Lipinski definition) is 1. The Morgan fingerprint density at radius 3 is 2.54 bits per heavy atom. The van der Waals surface area contributed by atoms with Crippen molar-refractivity contribution in [3.63, 3.8) is 0 Å². The Balaban J connectivity index is 2.03. The number of morpholine rings is 1. The van der Waals surface area contributed by atoms with Gasteiger partial charge in [-0.1, -0.05) is 31.2 Å². The van der Waals surface area contributed by atoms with Crippen LogP contribution in [0.3, 0.4) is 0 Å². The summed E-state index contributed by atoms with van der Waals surface area (Å²) in [4.78, 5) is 27.5. The number of hydrogen-bond acceptors (Lipinski definition) is 4. The first-order valence-corrected chi connectivity index (χ1v) is 9.14. The summed E-state index contributed by atoms with van der Waals surface area (Å²) in [6.07, 6.45) is 0.805. The van der Waals surface area contributed by atoms with Crippen LogP contribution in [-0.4, -0.2) is 72.7 Å². The van der Waals surface area contributed by atoms with E-state index in [0.29, 0.717) is 26.2 Å². The van der Waals surface area contributed by atoms with Gasteiger partial charge in [0.05, 0.1) is 24.7 Å². The summed E-state index contributed by atoms with van der Waals surface area (Å²) in [6.45, 7) is 8.00. The molecule has 1 aromatic carbocycles. The maximum absolute atomic E-state index is 13.1. The molecule has 0 radical (unpaired) electrons. The van der Waals surface area contributed by atoms with Crippen LogP contribution in [-0.2, 0) is 26.2 Å². The zero-order valence-corrected chi connectivity index (χ0v) is 16.2. The number of likely N-dealkylation sites (N-methyl/N-ethyl adjacent to an activating group) is 1. The minimum atomic E-state index is -0.868. The zero-order chi connectivity index (χ0) is 19.3. The summed E-state index contributed by atoms with van der Waals surface area (Å²) in [5, 5.41) is 8.88. The molecule has 1 saturated heterocycles. The second kappa shape index (κ2) is 8.64. The Bertz CT molecular complexity index is 627. The fourth-order valence-corrected chi connectivity index (χ4v) is 3.33. The van der Waals surface area contributed by atoms with Crippen molar-refractivity contribution in [1.82, 2.24) is 9.80 Å². The van der Waals surface area contributed by atoms with Crippen LogP contribution in [0.1, 0.15) is 31.9 Å². The largest absolute Gasteiger partial charge is 0.480 e. The standard InChI is InChI=1S/C20H30N2O4/c1-5-15-6-8-16(9-7-15)20(2,3)19(25)22-10-11-26-17(13-22)12-21(4)14-18(23)24/h6-9,17H,5,10-14H2,1-4H3,(H,23,24). The van der Waals surface area contributed by atoms with Crippen molar-refractivity contribution in [3.05, 3.63) is 35.4 Å². The Hall–Kier alpha value is -1.92. The third kappa shape index (κ3) is 5.05. The molecule has 1 heterocycles. The summed E-state index contributed by atoms with van der Waals surface area (Å²) in [6, 6.07) is 8.23. The van der Waals surface area contributed by atoms with Gasteiger partial charge in [0, 0.05) is 19.6 Å². The molecule has 0 aliphatic carbocycles. The lowest BCUT2D eigenvalue weighted by molar-refractivity contribution is -0.146. The molecule has 0 saturated carbocycles. The average Bonchev–Trinajstić information content (AvgIpc) is 2.60. The molecular weight excluding hydrogens is 332 g/mol. The van der Waals surface area contributed by atoms with Crippen LogP contribution in [0.25, 0.3) is 0 Å². The third-order valence-corrected chi connectivity index (χ3v) is 4.97. The Morgan fingerprint density at radius 1 is 1.31 bits per heavy atom. The van der Waals surface area contributed by atoms with Gasteiger partial charge in [0.25, 0.3) is 0 Å². The zero-order valence-electron chi connectivity index (χ0n) is 16.2. The minimum Gasteiger partial charge on any atom is -0.480 e. The van der Waals surface area contributed by atoms with E-state index in [1.165, 1.54) is 5.56 Å². The Labute approximate surface area is 155 Å². The van der Waals surface area contributed by atoms with E-state index in [0.717, 1.165) is 12.0 Å². The summed E-state index contributed by atoms with van der Waals surface area (Å²) >= 11 is 0. The fraction of sp³-hybridized carbons (Fsp3) is 0.600. The number of carboxylic acids is 1. The van der Waals surface area contributed by atoms with Gasteiger partial charge >= 0.3 is 5.97 Å². The maximum Gasteiger partial charge on any atom is 0.317 e. The van der Waals surface area contributed by atoms with E-state index in [4.69, 9.17) is 9.84 Å². The second-order valence-corrected chi connectivity index (χ2v) is 7.51. The van der Waals surface area contributed by atoms with Gasteiger partial charge in [-0.25, -0.2) is 0 Å². The molecule has 0 spiro atoms. The summed E-state index contributed by atoms with van der Waals surface area (Å²) in [5.41, 5.74) is 1.65. The van der Waals surface area contributed by atoms with E-state index >= 15 is 0 Å². The molecule has 1 unspecified atom stereocenters. The van der Waals surface area contributed by atoms with Crippen LogP contribution in [0, 0.1) is 0 Å². The first kappa shape index (κ1) is 20.4. The fourth-order valence-electron chi connectivity index (χ4n) is 3.33. The first-order chi connectivity index (χ1) is 12.2. The van der Waals surface area contributed by atoms with Crippen molar-refractivity contribution in [2.24, 2.45) is 0 Å². The SMILES string of the molecule is CCc1ccc(C(C)(C)C(=O)N2CCOC(CN(C)CC(=O)O)C2)cc1. The molecule has 1 atom stereocenters. The van der Waals surface area contributed by atoms with Gasteiger partial charge in [-0.2, -0.15) is 0 Å². The monoisotopic (exact) mass is 362 g/mol. The molecule has 1 aliphatic rings. The molecule has 144 valence electrons. The number of nitrogens with zero attached hydrogens (tertiary/aromatic N) is 2. The highest BCUT2D eigenvalue weighted by Crippen LogP contribution is 2.27. The van der Waals surface area contributed by atoms with Gasteiger partial charge in [-0.15, -0.1) is 0 Å². The van der Waals surface area contributed by atoms with E-state index in [1.807, 2.05) is 30.9 Å². The Kier molecular flexibility index (Phi) is 6.78. The lowest BCUT2D eigenvalue weighted by atomic mass is 9.82. The molecule has 26 heavy (non-hydrogen) atoms. The van der Waals surface area contributed by atoms with E-state index in [2.05, 4.69) is 19.1 Å². The van der Waals surface area contributed by atoms with Crippen molar-refractivity contribution in [1.29, 1.82) is 0 Å². The number of aliphatic carboxylic acids is 1. The average molecular weight is 362 g/mol. The van der Waals surface area contributed by atoms with Crippen LogP contribution >= 0.6 is 0 Å². The minimum absolute atomic E-state index is 0.0386. The van der Waals surface area contributed by atoms with Crippen molar-refractivity contribution >= 4 is 11.9 Å². The lowest BCUT2D eigenvalue weighted by Gasteiger charge is -2.38.